The molecular formula is C11H23N3OS. The second kappa shape index (κ2) is 7.04. The van der Waals surface area contributed by atoms with Gasteiger partial charge in [0.15, 0.2) is 5.11 Å². The Labute approximate surface area is 104 Å². The van der Waals surface area contributed by atoms with Gasteiger partial charge in [0.2, 0.25) is 0 Å². The molecule has 5 heteroatoms. The SMILES string of the molecule is COCCNC(=S)NN1[C@H](C)CCC[C@@H]1C. The van der Waals surface area contributed by atoms with E-state index in [1.54, 1.807) is 7.11 Å². The van der Waals surface area contributed by atoms with Gasteiger partial charge < -0.3 is 10.1 Å². The van der Waals surface area contributed by atoms with Crippen LogP contribution in [0.15, 0.2) is 0 Å². The summed E-state index contributed by atoms with van der Waals surface area (Å²) in [4.78, 5) is 0. The Morgan fingerprint density at radius 1 is 1.38 bits per heavy atom. The molecule has 2 atom stereocenters. The van der Waals surface area contributed by atoms with Crippen LogP contribution in [0.4, 0.5) is 0 Å². The molecule has 1 aliphatic rings. The summed E-state index contributed by atoms with van der Waals surface area (Å²) in [5.74, 6) is 0. The summed E-state index contributed by atoms with van der Waals surface area (Å²) in [5, 5.41) is 6.07. The van der Waals surface area contributed by atoms with E-state index < -0.39 is 0 Å². The lowest BCUT2D eigenvalue weighted by Crippen LogP contribution is -2.56. The highest BCUT2D eigenvalue weighted by molar-refractivity contribution is 7.80. The summed E-state index contributed by atoms with van der Waals surface area (Å²) in [6, 6.07) is 1.09. The molecular weight excluding hydrogens is 222 g/mol. The van der Waals surface area contributed by atoms with Gasteiger partial charge >= 0.3 is 0 Å². The summed E-state index contributed by atoms with van der Waals surface area (Å²) in [6.07, 6.45) is 3.78. The average molecular weight is 245 g/mol. The maximum Gasteiger partial charge on any atom is 0.181 e. The fraction of sp³-hybridized carbons (Fsp3) is 0.909. The van der Waals surface area contributed by atoms with Crippen LogP contribution in [0.25, 0.3) is 0 Å². The van der Waals surface area contributed by atoms with E-state index in [9.17, 15) is 0 Å². The normalized spacial score (nSPS) is 26.4. The quantitative estimate of drug-likeness (QED) is 0.576. The van der Waals surface area contributed by atoms with E-state index in [2.05, 4.69) is 29.6 Å². The molecule has 1 saturated heterocycles. The van der Waals surface area contributed by atoms with E-state index in [4.69, 9.17) is 17.0 Å². The van der Waals surface area contributed by atoms with Crippen LogP contribution < -0.4 is 10.7 Å². The molecule has 1 fully saturated rings. The van der Waals surface area contributed by atoms with Crippen LogP contribution in [-0.2, 0) is 4.74 Å². The summed E-state index contributed by atoms with van der Waals surface area (Å²) in [5.41, 5.74) is 3.28. The van der Waals surface area contributed by atoms with Crippen molar-refractivity contribution < 1.29 is 4.74 Å². The second-order valence-electron chi connectivity index (χ2n) is 4.40. The molecule has 1 aliphatic heterocycles. The summed E-state index contributed by atoms with van der Waals surface area (Å²) in [7, 11) is 1.69. The van der Waals surface area contributed by atoms with Gasteiger partial charge in [-0.15, -0.1) is 0 Å². The largest absolute Gasteiger partial charge is 0.383 e. The Balaban J connectivity index is 2.30. The summed E-state index contributed by atoms with van der Waals surface area (Å²) >= 11 is 5.23. The van der Waals surface area contributed by atoms with Crippen molar-refractivity contribution in [2.45, 2.75) is 45.2 Å². The molecule has 1 heterocycles. The summed E-state index contributed by atoms with van der Waals surface area (Å²) < 4.78 is 4.96. The minimum atomic E-state index is 0.547. The molecule has 0 bridgehead atoms. The molecule has 4 nitrogen and oxygen atoms in total. The molecule has 94 valence electrons. The molecule has 0 unspecified atom stereocenters. The number of hydrogen-bond acceptors (Lipinski definition) is 3. The number of hydrazine groups is 1. The number of piperidine rings is 1. The van der Waals surface area contributed by atoms with Crippen LogP contribution in [0.2, 0.25) is 0 Å². The Morgan fingerprint density at radius 2 is 2.00 bits per heavy atom. The third-order valence-electron chi connectivity index (χ3n) is 3.02. The van der Waals surface area contributed by atoms with Crippen molar-refractivity contribution in [1.29, 1.82) is 0 Å². The highest BCUT2D eigenvalue weighted by Crippen LogP contribution is 2.19. The van der Waals surface area contributed by atoms with E-state index in [1.165, 1.54) is 19.3 Å². The fourth-order valence-electron chi connectivity index (χ4n) is 2.07. The number of nitrogens with zero attached hydrogens (tertiary/aromatic N) is 1. The molecule has 0 amide bonds. The lowest BCUT2D eigenvalue weighted by Gasteiger charge is -2.39. The van der Waals surface area contributed by atoms with Gasteiger partial charge in [-0.25, -0.2) is 5.01 Å². The molecule has 0 radical (unpaired) electrons. The van der Waals surface area contributed by atoms with E-state index in [1.807, 2.05) is 0 Å². The van der Waals surface area contributed by atoms with Gasteiger partial charge in [-0.1, -0.05) is 6.42 Å². The molecule has 0 aromatic rings. The first-order valence-electron chi connectivity index (χ1n) is 5.97. The van der Waals surface area contributed by atoms with Gasteiger partial charge in [0.25, 0.3) is 0 Å². The van der Waals surface area contributed by atoms with Crippen molar-refractivity contribution in [3.8, 4) is 0 Å². The van der Waals surface area contributed by atoms with Crippen LogP contribution >= 0.6 is 12.2 Å². The van der Waals surface area contributed by atoms with Crippen molar-refractivity contribution in [1.82, 2.24) is 15.8 Å². The van der Waals surface area contributed by atoms with Gasteiger partial charge in [0, 0.05) is 25.7 Å². The standard InChI is InChI=1S/C11H23N3OS/c1-9-5-4-6-10(2)14(9)13-11(16)12-7-8-15-3/h9-10H,4-8H2,1-3H3,(H2,12,13,16)/t9-,10+. The van der Waals surface area contributed by atoms with Gasteiger partial charge in [0.1, 0.15) is 0 Å². The molecule has 1 rings (SSSR count). The van der Waals surface area contributed by atoms with Crippen molar-refractivity contribution >= 4 is 17.3 Å². The molecule has 2 N–H and O–H groups in total. The first-order valence-corrected chi connectivity index (χ1v) is 6.37. The van der Waals surface area contributed by atoms with Crippen molar-refractivity contribution in [2.75, 3.05) is 20.3 Å². The average Bonchev–Trinajstić information content (AvgIpc) is 2.24. The predicted molar refractivity (Wildman–Crippen MR) is 70.2 cm³/mol. The zero-order valence-electron chi connectivity index (χ0n) is 10.5. The molecule has 0 aliphatic carbocycles. The van der Waals surface area contributed by atoms with Gasteiger partial charge in [-0.2, -0.15) is 0 Å². The van der Waals surface area contributed by atoms with E-state index in [0.29, 0.717) is 23.8 Å². The molecule has 0 aromatic carbocycles. The van der Waals surface area contributed by atoms with Crippen LogP contribution in [0.5, 0.6) is 0 Å². The van der Waals surface area contributed by atoms with E-state index in [0.717, 1.165) is 6.54 Å². The van der Waals surface area contributed by atoms with Gasteiger partial charge in [0.05, 0.1) is 6.61 Å². The number of methoxy groups -OCH3 is 1. The maximum absolute atomic E-state index is 5.23. The highest BCUT2D eigenvalue weighted by Gasteiger charge is 2.24. The zero-order chi connectivity index (χ0) is 12.0. The first-order chi connectivity index (χ1) is 7.65. The number of thiocarbonyl (C=S) groups is 1. The molecule has 0 saturated carbocycles. The van der Waals surface area contributed by atoms with Gasteiger partial charge in [-0.05, 0) is 38.9 Å². The predicted octanol–water partition coefficient (Wildman–Crippen LogP) is 1.27. The van der Waals surface area contributed by atoms with Crippen molar-refractivity contribution in [3.63, 3.8) is 0 Å². The van der Waals surface area contributed by atoms with Crippen LogP contribution in [0.3, 0.4) is 0 Å². The monoisotopic (exact) mass is 245 g/mol. The molecule has 0 spiro atoms. The van der Waals surface area contributed by atoms with Crippen LogP contribution in [0.1, 0.15) is 33.1 Å². The summed E-state index contributed by atoms with van der Waals surface area (Å²) in [6.45, 7) is 5.90. The number of hydrogen-bond donors (Lipinski definition) is 2. The zero-order valence-corrected chi connectivity index (χ0v) is 11.3. The third kappa shape index (κ3) is 4.23. The second-order valence-corrected chi connectivity index (χ2v) is 4.80. The topological polar surface area (TPSA) is 36.5 Å². The van der Waals surface area contributed by atoms with E-state index in [-0.39, 0.29) is 0 Å². The van der Waals surface area contributed by atoms with Crippen molar-refractivity contribution in [3.05, 3.63) is 0 Å². The number of ether oxygens (including phenoxy) is 1. The Morgan fingerprint density at radius 3 is 2.56 bits per heavy atom. The minimum Gasteiger partial charge on any atom is -0.383 e. The lowest BCUT2D eigenvalue weighted by molar-refractivity contribution is 0.0734. The fourth-order valence-corrected chi connectivity index (χ4v) is 2.27. The minimum absolute atomic E-state index is 0.547. The van der Waals surface area contributed by atoms with Gasteiger partial charge in [-0.3, -0.25) is 5.43 Å². The highest BCUT2D eigenvalue weighted by atomic mass is 32.1. The lowest BCUT2D eigenvalue weighted by atomic mass is 10.00. The maximum atomic E-state index is 5.23. The third-order valence-corrected chi connectivity index (χ3v) is 3.25. The Kier molecular flexibility index (Phi) is 6.01. The van der Waals surface area contributed by atoms with E-state index >= 15 is 0 Å². The number of rotatable bonds is 4. The van der Waals surface area contributed by atoms with Crippen LogP contribution in [0, 0.1) is 0 Å². The Bertz CT molecular complexity index is 215. The van der Waals surface area contributed by atoms with Crippen LogP contribution in [-0.4, -0.2) is 42.5 Å². The first kappa shape index (κ1) is 13.7. The van der Waals surface area contributed by atoms with Crippen molar-refractivity contribution in [2.24, 2.45) is 0 Å². The Hall–Kier alpha value is -0.390. The smallest absolute Gasteiger partial charge is 0.181 e. The molecule has 16 heavy (non-hydrogen) atoms. The number of nitrogens with one attached hydrogen (secondary N) is 2. The molecule has 0 aromatic heterocycles.